The summed E-state index contributed by atoms with van der Waals surface area (Å²) in [5, 5.41) is 9.52. The van der Waals surface area contributed by atoms with Crippen LogP contribution in [0, 0.1) is 11.2 Å². The number of rotatable bonds is 5. The molecule has 1 aromatic rings. The van der Waals surface area contributed by atoms with Gasteiger partial charge < -0.3 is 5.11 Å². The summed E-state index contributed by atoms with van der Waals surface area (Å²) < 4.78 is 13.3. The lowest BCUT2D eigenvalue weighted by Gasteiger charge is -2.41. The molecule has 0 spiro atoms. The van der Waals surface area contributed by atoms with Crippen molar-refractivity contribution in [3.63, 3.8) is 0 Å². The van der Waals surface area contributed by atoms with E-state index in [1.165, 1.54) is 12.3 Å². The van der Waals surface area contributed by atoms with Crippen molar-refractivity contribution >= 4 is 5.97 Å². The lowest BCUT2D eigenvalue weighted by atomic mass is 9.74. The largest absolute Gasteiger partial charge is 0.481 e. The minimum absolute atomic E-state index is 0.0571. The molecule has 2 heterocycles. The van der Waals surface area contributed by atoms with Crippen LogP contribution in [-0.4, -0.2) is 34.0 Å². The second kappa shape index (κ2) is 6.52. The SMILES string of the molecule is CCCC1(C(=O)O)CCN(C(C)c2cncc(F)c2)CC1. The second-order valence-corrected chi connectivity index (χ2v) is 5.98. The van der Waals surface area contributed by atoms with Gasteiger partial charge in [0.25, 0.3) is 0 Å². The normalized spacial score (nSPS) is 20.1. The third-order valence-corrected chi connectivity index (χ3v) is 4.69. The molecule has 0 amide bonds. The highest BCUT2D eigenvalue weighted by molar-refractivity contribution is 5.74. The van der Waals surface area contributed by atoms with Gasteiger partial charge in [-0.25, -0.2) is 4.39 Å². The summed E-state index contributed by atoms with van der Waals surface area (Å²) in [4.78, 5) is 17.7. The summed E-state index contributed by atoms with van der Waals surface area (Å²) in [6.07, 6.45) is 5.80. The van der Waals surface area contributed by atoms with E-state index in [2.05, 4.69) is 9.88 Å². The molecule has 1 unspecified atom stereocenters. The van der Waals surface area contributed by atoms with Crippen LogP contribution in [0.2, 0.25) is 0 Å². The van der Waals surface area contributed by atoms with Gasteiger partial charge in [-0.05, 0) is 50.9 Å². The Hall–Kier alpha value is -1.49. The van der Waals surface area contributed by atoms with Crippen LogP contribution in [0.4, 0.5) is 4.39 Å². The second-order valence-electron chi connectivity index (χ2n) is 5.98. The molecule has 21 heavy (non-hydrogen) atoms. The van der Waals surface area contributed by atoms with Crippen LogP contribution < -0.4 is 0 Å². The van der Waals surface area contributed by atoms with Crippen molar-refractivity contribution in [3.05, 3.63) is 29.8 Å². The van der Waals surface area contributed by atoms with Crippen molar-refractivity contribution < 1.29 is 14.3 Å². The molecule has 1 atom stereocenters. The van der Waals surface area contributed by atoms with Crippen molar-refractivity contribution in [1.29, 1.82) is 0 Å². The molecule has 0 saturated carbocycles. The minimum atomic E-state index is -0.677. The Labute approximate surface area is 125 Å². The lowest BCUT2D eigenvalue weighted by molar-refractivity contribution is -0.153. The summed E-state index contributed by atoms with van der Waals surface area (Å²) in [6, 6.07) is 1.56. The molecule has 0 aliphatic carbocycles. The van der Waals surface area contributed by atoms with Gasteiger partial charge in [-0.2, -0.15) is 0 Å². The molecule has 1 saturated heterocycles. The predicted molar refractivity (Wildman–Crippen MR) is 78.4 cm³/mol. The number of halogens is 1. The molecule has 1 aliphatic rings. The molecule has 1 aromatic heterocycles. The van der Waals surface area contributed by atoms with E-state index in [4.69, 9.17) is 0 Å². The standard InChI is InChI=1S/C16H23FN2O2/c1-3-4-16(15(20)21)5-7-19(8-6-16)12(2)13-9-14(17)11-18-10-13/h9-12H,3-8H2,1-2H3,(H,20,21). The van der Waals surface area contributed by atoms with Crippen molar-refractivity contribution in [3.8, 4) is 0 Å². The fraction of sp³-hybridized carbons (Fsp3) is 0.625. The average Bonchev–Trinajstić information content (AvgIpc) is 2.47. The van der Waals surface area contributed by atoms with Crippen LogP contribution in [0.5, 0.6) is 0 Å². The summed E-state index contributed by atoms with van der Waals surface area (Å²) in [5.74, 6) is -1.01. The van der Waals surface area contributed by atoms with Crippen molar-refractivity contribution in [2.75, 3.05) is 13.1 Å². The monoisotopic (exact) mass is 294 g/mol. The third-order valence-electron chi connectivity index (χ3n) is 4.69. The number of nitrogens with zero attached hydrogens (tertiary/aromatic N) is 2. The predicted octanol–water partition coefficient (Wildman–Crippen LogP) is 3.25. The number of pyridine rings is 1. The first-order valence-electron chi connectivity index (χ1n) is 7.56. The highest BCUT2D eigenvalue weighted by Gasteiger charge is 2.41. The van der Waals surface area contributed by atoms with Gasteiger partial charge in [-0.3, -0.25) is 14.7 Å². The molecule has 116 valence electrons. The maximum atomic E-state index is 13.3. The van der Waals surface area contributed by atoms with E-state index >= 15 is 0 Å². The molecule has 0 radical (unpaired) electrons. The van der Waals surface area contributed by atoms with Crippen LogP contribution >= 0.6 is 0 Å². The number of hydrogen-bond acceptors (Lipinski definition) is 3. The van der Waals surface area contributed by atoms with E-state index in [0.717, 1.165) is 31.5 Å². The van der Waals surface area contributed by atoms with E-state index in [-0.39, 0.29) is 11.9 Å². The Morgan fingerprint density at radius 1 is 1.48 bits per heavy atom. The van der Waals surface area contributed by atoms with Crippen molar-refractivity contribution in [2.45, 2.75) is 45.6 Å². The third kappa shape index (κ3) is 3.40. The molecule has 0 bridgehead atoms. The van der Waals surface area contributed by atoms with E-state index < -0.39 is 11.4 Å². The highest BCUT2D eigenvalue weighted by atomic mass is 19.1. The zero-order valence-corrected chi connectivity index (χ0v) is 12.7. The maximum absolute atomic E-state index is 13.3. The molecule has 1 N–H and O–H groups in total. The van der Waals surface area contributed by atoms with Crippen LogP contribution in [0.15, 0.2) is 18.5 Å². The lowest BCUT2D eigenvalue weighted by Crippen LogP contribution is -2.45. The Bertz CT molecular complexity index is 499. The van der Waals surface area contributed by atoms with Gasteiger partial charge in [0.05, 0.1) is 11.6 Å². The highest BCUT2D eigenvalue weighted by Crippen LogP contribution is 2.38. The number of aliphatic carboxylic acids is 1. The van der Waals surface area contributed by atoms with Crippen molar-refractivity contribution in [2.24, 2.45) is 5.41 Å². The fourth-order valence-electron chi connectivity index (χ4n) is 3.26. The number of hydrogen-bond donors (Lipinski definition) is 1. The van der Waals surface area contributed by atoms with Gasteiger partial charge in [-0.15, -0.1) is 0 Å². The summed E-state index contributed by atoms with van der Waals surface area (Å²) >= 11 is 0. The number of carbonyl (C=O) groups is 1. The molecule has 1 aliphatic heterocycles. The van der Waals surface area contributed by atoms with Crippen LogP contribution in [0.3, 0.4) is 0 Å². The molecule has 0 aromatic carbocycles. The summed E-state index contributed by atoms with van der Waals surface area (Å²) in [5.41, 5.74) is 0.263. The number of piperidine rings is 1. The molecular weight excluding hydrogens is 271 g/mol. The van der Waals surface area contributed by atoms with Gasteiger partial charge in [0.15, 0.2) is 0 Å². The Balaban J connectivity index is 2.04. The first kappa shape index (κ1) is 15.9. The molecule has 2 rings (SSSR count). The summed E-state index contributed by atoms with van der Waals surface area (Å²) in [7, 11) is 0. The van der Waals surface area contributed by atoms with Crippen LogP contribution in [-0.2, 0) is 4.79 Å². The van der Waals surface area contributed by atoms with Crippen molar-refractivity contribution in [1.82, 2.24) is 9.88 Å². The number of aromatic nitrogens is 1. The van der Waals surface area contributed by atoms with E-state index in [1.807, 2.05) is 13.8 Å². The Morgan fingerprint density at radius 2 is 2.14 bits per heavy atom. The Morgan fingerprint density at radius 3 is 2.67 bits per heavy atom. The quantitative estimate of drug-likeness (QED) is 0.905. The number of likely N-dealkylation sites (tertiary alicyclic amines) is 1. The van der Waals surface area contributed by atoms with Crippen LogP contribution in [0.25, 0.3) is 0 Å². The maximum Gasteiger partial charge on any atom is 0.309 e. The molecule has 5 heteroatoms. The van der Waals surface area contributed by atoms with Crippen LogP contribution in [0.1, 0.15) is 51.1 Å². The summed E-state index contributed by atoms with van der Waals surface area (Å²) in [6.45, 7) is 5.50. The molecule has 1 fully saturated rings. The minimum Gasteiger partial charge on any atom is -0.481 e. The topological polar surface area (TPSA) is 53.4 Å². The van der Waals surface area contributed by atoms with E-state index in [1.54, 1.807) is 6.20 Å². The number of carboxylic acids is 1. The van der Waals surface area contributed by atoms with Gasteiger partial charge in [0, 0.05) is 12.2 Å². The smallest absolute Gasteiger partial charge is 0.309 e. The first-order valence-corrected chi connectivity index (χ1v) is 7.56. The first-order chi connectivity index (χ1) is 9.98. The molecular formula is C16H23FN2O2. The molecule has 4 nitrogen and oxygen atoms in total. The van der Waals surface area contributed by atoms with Gasteiger partial charge in [0.1, 0.15) is 5.82 Å². The zero-order valence-electron chi connectivity index (χ0n) is 12.7. The zero-order chi connectivity index (χ0) is 15.5. The number of carboxylic acid groups (broad SMARTS) is 1. The fourth-order valence-corrected chi connectivity index (χ4v) is 3.26. The van der Waals surface area contributed by atoms with E-state index in [0.29, 0.717) is 12.8 Å². The van der Waals surface area contributed by atoms with Gasteiger partial charge in [-0.1, -0.05) is 13.3 Å². The van der Waals surface area contributed by atoms with Gasteiger partial charge >= 0.3 is 5.97 Å². The average molecular weight is 294 g/mol. The van der Waals surface area contributed by atoms with E-state index in [9.17, 15) is 14.3 Å². The van der Waals surface area contributed by atoms with Gasteiger partial charge in [0.2, 0.25) is 0 Å². The Kier molecular flexibility index (Phi) is 4.93.